The van der Waals surface area contributed by atoms with Gasteiger partial charge in [-0.25, -0.2) is 13.8 Å². The van der Waals surface area contributed by atoms with Gasteiger partial charge in [0.2, 0.25) is 5.91 Å². The summed E-state index contributed by atoms with van der Waals surface area (Å²) < 4.78 is 26.9. The molecule has 0 bridgehead atoms. The molecule has 162 valence electrons. The lowest BCUT2D eigenvalue weighted by molar-refractivity contribution is -0.121. The zero-order valence-corrected chi connectivity index (χ0v) is 18.0. The number of hydrogen-bond acceptors (Lipinski definition) is 5. The maximum Gasteiger partial charge on any atom is 0.241 e. The fourth-order valence-electron chi connectivity index (χ4n) is 3.62. The highest BCUT2D eigenvalue weighted by atomic mass is 32.1. The summed E-state index contributed by atoms with van der Waals surface area (Å²) in [5, 5.41) is 5.68. The van der Waals surface area contributed by atoms with Crippen molar-refractivity contribution in [2.75, 3.05) is 31.5 Å². The Morgan fingerprint density at radius 3 is 2.58 bits per heavy atom. The first kappa shape index (κ1) is 21.5. The van der Waals surface area contributed by atoms with Gasteiger partial charge in [-0.3, -0.25) is 14.6 Å². The third-order valence-electron chi connectivity index (χ3n) is 5.48. The van der Waals surface area contributed by atoms with Crippen LogP contribution < -0.4 is 5.32 Å². The minimum atomic E-state index is -0.775. The Bertz CT molecular complexity index is 1040. The summed E-state index contributed by atoms with van der Waals surface area (Å²) in [5.74, 6) is -1.75. The zero-order valence-electron chi connectivity index (χ0n) is 17.2. The molecule has 2 heterocycles. The standard InChI is InChI=1S/C23H24F2N4OS/c1-16(22(30)27-21-8-7-18(24)13-20(21)25)29-11-9-28(10-12-29)14-19-15-31-23(26-19)17-5-3-2-4-6-17/h2-8,13,15-16H,9-12,14H2,1H3,(H,27,30)/t16-/m1/s1. The molecule has 0 aliphatic carbocycles. The Morgan fingerprint density at radius 2 is 1.87 bits per heavy atom. The molecule has 1 amide bonds. The van der Waals surface area contributed by atoms with Crippen LogP contribution in [-0.4, -0.2) is 52.9 Å². The van der Waals surface area contributed by atoms with E-state index in [1.807, 2.05) is 18.2 Å². The van der Waals surface area contributed by atoms with E-state index in [1.165, 1.54) is 6.07 Å². The molecule has 0 spiro atoms. The van der Waals surface area contributed by atoms with Crippen molar-refractivity contribution >= 4 is 22.9 Å². The lowest BCUT2D eigenvalue weighted by Crippen LogP contribution is -2.52. The van der Waals surface area contributed by atoms with Gasteiger partial charge in [-0.1, -0.05) is 30.3 Å². The topological polar surface area (TPSA) is 48.5 Å². The van der Waals surface area contributed by atoms with Crippen LogP contribution in [0.2, 0.25) is 0 Å². The highest BCUT2D eigenvalue weighted by molar-refractivity contribution is 7.13. The van der Waals surface area contributed by atoms with Gasteiger partial charge in [0.15, 0.2) is 0 Å². The first-order valence-corrected chi connectivity index (χ1v) is 11.1. The predicted octanol–water partition coefficient (Wildman–Crippen LogP) is 4.23. The number of aromatic nitrogens is 1. The number of thiazole rings is 1. The highest BCUT2D eigenvalue weighted by Gasteiger charge is 2.26. The Hall–Kier alpha value is -2.68. The Kier molecular flexibility index (Phi) is 6.70. The number of carbonyl (C=O) groups excluding carboxylic acids is 1. The van der Waals surface area contributed by atoms with Gasteiger partial charge in [-0.15, -0.1) is 11.3 Å². The predicted molar refractivity (Wildman–Crippen MR) is 119 cm³/mol. The van der Waals surface area contributed by atoms with Gasteiger partial charge in [-0.05, 0) is 19.1 Å². The van der Waals surface area contributed by atoms with E-state index in [0.29, 0.717) is 0 Å². The maximum atomic E-state index is 13.8. The second-order valence-electron chi connectivity index (χ2n) is 7.61. The normalized spacial score (nSPS) is 16.2. The summed E-state index contributed by atoms with van der Waals surface area (Å²) in [4.78, 5) is 21.7. The molecule has 3 aromatic rings. The molecule has 0 radical (unpaired) electrons. The molecular weight excluding hydrogens is 418 g/mol. The van der Waals surface area contributed by atoms with Crippen LogP contribution in [0.5, 0.6) is 0 Å². The third-order valence-corrected chi connectivity index (χ3v) is 6.42. The van der Waals surface area contributed by atoms with E-state index in [0.717, 1.165) is 61.1 Å². The van der Waals surface area contributed by atoms with E-state index in [1.54, 1.807) is 18.3 Å². The van der Waals surface area contributed by atoms with Crippen molar-refractivity contribution in [3.63, 3.8) is 0 Å². The molecule has 0 unspecified atom stereocenters. The van der Waals surface area contributed by atoms with Gasteiger partial charge in [-0.2, -0.15) is 0 Å². The quantitative estimate of drug-likeness (QED) is 0.621. The monoisotopic (exact) mass is 442 g/mol. The molecule has 8 heteroatoms. The number of nitrogens with one attached hydrogen (secondary N) is 1. The molecule has 0 saturated carbocycles. The summed E-state index contributed by atoms with van der Waals surface area (Å²) in [6, 6.07) is 12.9. The number of carbonyl (C=O) groups is 1. The van der Waals surface area contributed by atoms with Gasteiger partial charge >= 0.3 is 0 Å². The first-order valence-electron chi connectivity index (χ1n) is 10.2. The Labute approximate surface area is 184 Å². The minimum Gasteiger partial charge on any atom is -0.322 e. The Balaban J connectivity index is 1.28. The summed E-state index contributed by atoms with van der Waals surface area (Å²) in [6.45, 7) is 5.69. The van der Waals surface area contributed by atoms with Crippen molar-refractivity contribution < 1.29 is 13.6 Å². The van der Waals surface area contributed by atoms with Crippen LogP contribution in [0.25, 0.3) is 10.6 Å². The summed E-state index contributed by atoms with van der Waals surface area (Å²) >= 11 is 1.65. The number of amides is 1. The van der Waals surface area contributed by atoms with Crippen LogP contribution in [0.15, 0.2) is 53.9 Å². The molecule has 1 aromatic heterocycles. The molecule has 1 saturated heterocycles. The van der Waals surface area contributed by atoms with E-state index < -0.39 is 17.7 Å². The largest absolute Gasteiger partial charge is 0.322 e. The second-order valence-corrected chi connectivity index (χ2v) is 8.47. The number of anilines is 1. The molecule has 1 aliphatic rings. The fraction of sp³-hybridized carbons (Fsp3) is 0.304. The van der Waals surface area contributed by atoms with Crippen molar-refractivity contribution in [3.05, 3.63) is 71.2 Å². The highest BCUT2D eigenvalue weighted by Crippen LogP contribution is 2.24. The minimum absolute atomic E-state index is 0.00496. The van der Waals surface area contributed by atoms with E-state index in [-0.39, 0.29) is 11.6 Å². The van der Waals surface area contributed by atoms with Gasteiger partial charge < -0.3 is 5.32 Å². The molecule has 4 rings (SSSR count). The van der Waals surface area contributed by atoms with E-state index in [9.17, 15) is 13.6 Å². The molecule has 5 nitrogen and oxygen atoms in total. The number of halogens is 2. The van der Waals surface area contributed by atoms with E-state index in [2.05, 4.69) is 32.6 Å². The van der Waals surface area contributed by atoms with E-state index in [4.69, 9.17) is 4.98 Å². The van der Waals surface area contributed by atoms with Crippen molar-refractivity contribution in [2.45, 2.75) is 19.5 Å². The van der Waals surface area contributed by atoms with Crippen LogP contribution in [0.3, 0.4) is 0 Å². The van der Waals surface area contributed by atoms with Gasteiger partial charge in [0.1, 0.15) is 16.6 Å². The van der Waals surface area contributed by atoms with Gasteiger partial charge in [0.05, 0.1) is 17.4 Å². The Morgan fingerprint density at radius 1 is 1.13 bits per heavy atom. The second kappa shape index (κ2) is 9.64. The van der Waals surface area contributed by atoms with Crippen LogP contribution in [0, 0.1) is 11.6 Å². The summed E-state index contributed by atoms with van der Waals surface area (Å²) in [7, 11) is 0. The fourth-order valence-corrected chi connectivity index (χ4v) is 4.44. The van der Waals surface area contributed by atoms with E-state index >= 15 is 0 Å². The number of piperazine rings is 1. The zero-order chi connectivity index (χ0) is 21.8. The molecule has 1 atom stereocenters. The average molecular weight is 443 g/mol. The molecule has 1 aliphatic heterocycles. The smallest absolute Gasteiger partial charge is 0.241 e. The lowest BCUT2D eigenvalue weighted by atomic mass is 10.2. The average Bonchev–Trinajstić information content (AvgIpc) is 3.25. The molecule has 31 heavy (non-hydrogen) atoms. The van der Waals surface area contributed by atoms with Crippen LogP contribution in [0.4, 0.5) is 14.5 Å². The molecule has 1 fully saturated rings. The van der Waals surface area contributed by atoms with Crippen molar-refractivity contribution in [2.24, 2.45) is 0 Å². The lowest BCUT2D eigenvalue weighted by Gasteiger charge is -2.37. The molecular formula is C23H24F2N4OS. The summed E-state index contributed by atoms with van der Waals surface area (Å²) in [5.41, 5.74) is 2.17. The van der Waals surface area contributed by atoms with Crippen molar-refractivity contribution in [3.8, 4) is 10.6 Å². The van der Waals surface area contributed by atoms with Crippen LogP contribution >= 0.6 is 11.3 Å². The number of rotatable bonds is 6. The SMILES string of the molecule is C[C@H](C(=O)Nc1ccc(F)cc1F)N1CCN(Cc2csc(-c3ccccc3)n2)CC1. The number of hydrogen-bond donors (Lipinski definition) is 1. The van der Waals surface area contributed by atoms with Crippen LogP contribution in [0.1, 0.15) is 12.6 Å². The third kappa shape index (κ3) is 5.33. The number of nitrogens with zero attached hydrogens (tertiary/aromatic N) is 3. The van der Waals surface area contributed by atoms with Gasteiger partial charge in [0, 0.05) is 49.7 Å². The maximum absolute atomic E-state index is 13.8. The number of benzene rings is 2. The molecule has 2 aromatic carbocycles. The van der Waals surface area contributed by atoms with Crippen molar-refractivity contribution in [1.29, 1.82) is 0 Å². The van der Waals surface area contributed by atoms with Gasteiger partial charge in [0.25, 0.3) is 0 Å². The first-order chi connectivity index (χ1) is 15.0. The molecule has 1 N–H and O–H groups in total. The summed E-state index contributed by atoms with van der Waals surface area (Å²) in [6.07, 6.45) is 0. The van der Waals surface area contributed by atoms with Crippen molar-refractivity contribution in [1.82, 2.24) is 14.8 Å². The van der Waals surface area contributed by atoms with Crippen LogP contribution in [-0.2, 0) is 11.3 Å².